The number of carbonyl (C=O) groups is 2. The Hall–Kier alpha value is -2.77. The van der Waals surface area contributed by atoms with Gasteiger partial charge in [-0.3, -0.25) is 9.69 Å². The summed E-state index contributed by atoms with van der Waals surface area (Å²) in [5, 5.41) is 12.7. The van der Waals surface area contributed by atoms with Crippen LogP contribution in [0.5, 0.6) is 5.75 Å². The quantitative estimate of drug-likeness (QED) is 0.705. The van der Waals surface area contributed by atoms with E-state index in [9.17, 15) is 14.7 Å². The Labute approximate surface area is 186 Å². The molecule has 2 aromatic carbocycles. The number of aromatic carboxylic acids is 1. The second-order valence-corrected chi connectivity index (χ2v) is 8.33. The number of likely N-dealkylation sites (tertiary alicyclic amines) is 1. The highest BCUT2D eigenvalue weighted by Gasteiger charge is 2.31. The summed E-state index contributed by atoms with van der Waals surface area (Å²) in [6, 6.07) is 11.1. The molecular weight excluding hydrogens is 418 g/mol. The van der Waals surface area contributed by atoms with Crippen molar-refractivity contribution < 1.29 is 19.4 Å². The van der Waals surface area contributed by atoms with Gasteiger partial charge in [-0.2, -0.15) is 0 Å². The summed E-state index contributed by atoms with van der Waals surface area (Å²) in [7, 11) is 0. The maximum absolute atomic E-state index is 12.2. The number of carboxylic acid groups (broad SMARTS) is 1. The van der Waals surface area contributed by atoms with E-state index in [2.05, 4.69) is 15.1 Å². The van der Waals surface area contributed by atoms with Gasteiger partial charge in [-0.1, -0.05) is 17.7 Å². The van der Waals surface area contributed by atoms with Crippen LogP contribution in [0, 0.1) is 0 Å². The van der Waals surface area contributed by atoms with Crippen LogP contribution in [0.4, 0.5) is 11.4 Å². The summed E-state index contributed by atoms with van der Waals surface area (Å²) < 4.78 is 5.60. The normalized spacial score (nSPS) is 17.2. The molecule has 1 saturated heterocycles. The predicted octanol–water partition coefficient (Wildman–Crippen LogP) is 3.86. The largest absolute Gasteiger partial charge is 0.492 e. The molecule has 0 unspecified atom stereocenters. The molecule has 2 N–H and O–H groups in total. The van der Waals surface area contributed by atoms with Crippen LogP contribution in [-0.4, -0.2) is 54.2 Å². The summed E-state index contributed by atoms with van der Waals surface area (Å²) in [4.78, 5) is 28.0. The number of fused-ring (bicyclic) bond motifs is 1. The van der Waals surface area contributed by atoms with Crippen molar-refractivity contribution in [3.63, 3.8) is 0 Å². The Balaban J connectivity index is 1.42. The van der Waals surface area contributed by atoms with Crippen molar-refractivity contribution in [2.75, 3.05) is 36.5 Å². The fourth-order valence-corrected chi connectivity index (χ4v) is 4.51. The number of rotatable bonds is 6. The minimum Gasteiger partial charge on any atom is -0.492 e. The maximum atomic E-state index is 12.2. The summed E-state index contributed by atoms with van der Waals surface area (Å²) >= 11 is 6.19. The van der Waals surface area contributed by atoms with E-state index in [-0.39, 0.29) is 17.5 Å². The number of piperidine rings is 1. The minimum absolute atomic E-state index is 0.109. The molecule has 31 heavy (non-hydrogen) atoms. The Kier molecular flexibility index (Phi) is 6.34. The van der Waals surface area contributed by atoms with Gasteiger partial charge in [0.25, 0.3) is 0 Å². The highest BCUT2D eigenvalue weighted by atomic mass is 35.5. The van der Waals surface area contributed by atoms with E-state index in [0.29, 0.717) is 29.6 Å². The van der Waals surface area contributed by atoms with Crippen LogP contribution in [0.25, 0.3) is 0 Å². The highest BCUT2D eigenvalue weighted by molar-refractivity contribution is 6.32. The standard InChI is InChI=1S/C23H26ClN3O4/c1-2-31-21-11-15(3-5-18(21)24)13-26-9-7-17(8-10-26)27-14-22(28)25-19-12-16(23(29)30)4-6-20(19)27/h3-6,11-12,17H,2,7-10,13-14H2,1H3,(H,25,28)(H,29,30). The smallest absolute Gasteiger partial charge is 0.335 e. The molecule has 2 aliphatic heterocycles. The van der Waals surface area contributed by atoms with Gasteiger partial charge >= 0.3 is 5.97 Å². The zero-order chi connectivity index (χ0) is 22.0. The van der Waals surface area contributed by atoms with Crippen molar-refractivity contribution in [1.82, 2.24) is 4.90 Å². The van der Waals surface area contributed by atoms with Crippen molar-refractivity contribution in [2.24, 2.45) is 0 Å². The molecule has 2 heterocycles. The van der Waals surface area contributed by atoms with Crippen molar-refractivity contribution in [3.8, 4) is 5.75 Å². The van der Waals surface area contributed by atoms with E-state index in [0.717, 1.165) is 43.7 Å². The van der Waals surface area contributed by atoms with Gasteiger partial charge in [0.15, 0.2) is 0 Å². The molecular formula is C23H26ClN3O4. The number of anilines is 2. The topological polar surface area (TPSA) is 82.1 Å². The van der Waals surface area contributed by atoms with Gasteiger partial charge in [0, 0.05) is 25.7 Å². The lowest BCUT2D eigenvalue weighted by Crippen LogP contribution is -2.49. The van der Waals surface area contributed by atoms with Gasteiger partial charge in [0.1, 0.15) is 5.75 Å². The number of hydrogen-bond acceptors (Lipinski definition) is 5. The highest BCUT2D eigenvalue weighted by Crippen LogP contribution is 2.34. The molecule has 2 aliphatic rings. The molecule has 2 aromatic rings. The first-order valence-corrected chi connectivity index (χ1v) is 10.9. The first kappa shape index (κ1) is 21.5. The first-order valence-electron chi connectivity index (χ1n) is 10.5. The Morgan fingerprint density at radius 3 is 2.71 bits per heavy atom. The van der Waals surface area contributed by atoms with Crippen LogP contribution in [0.1, 0.15) is 35.7 Å². The summed E-state index contributed by atoms with van der Waals surface area (Å²) in [5.74, 6) is -0.396. The molecule has 164 valence electrons. The average molecular weight is 444 g/mol. The predicted molar refractivity (Wildman–Crippen MR) is 120 cm³/mol. The lowest BCUT2D eigenvalue weighted by atomic mass is 9.99. The minimum atomic E-state index is -1.00. The van der Waals surface area contributed by atoms with E-state index in [1.807, 2.05) is 25.1 Å². The molecule has 0 aliphatic carbocycles. The lowest BCUT2D eigenvalue weighted by molar-refractivity contribution is -0.115. The number of amides is 1. The molecule has 1 fully saturated rings. The molecule has 4 rings (SSSR count). The summed E-state index contributed by atoms with van der Waals surface area (Å²) in [6.45, 7) is 5.46. The van der Waals surface area contributed by atoms with Crippen molar-refractivity contribution in [3.05, 3.63) is 52.5 Å². The second-order valence-electron chi connectivity index (χ2n) is 7.92. The third-order valence-electron chi connectivity index (χ3n) is 5.84. The van der Waals surface area contributed by atoms with E-state index >= 15 is 0 Å². The van der Waals surface area contributed by atoms with Gasteiger partial charge in [-0.25, -0.2) is 4.79 Å². The number of nitrogens with one attached hydrogen (secondary N) is 1. The number of benzene rings is 2. The number of hydrogen-bond donors (Lipinski definition) is 2. The van der Waals surface area contributed by atoms with Crippen LogP contribution in [-0.2, 0) is 11.3 Å². The molecule has 0 spiro atoms. The molecule has 1 amide bonds. The summed E-state index contributed by atoms with van der Waals surface area (Å²) in [6.07, 6.45) is 1.86. The van der Waals surface area contributed by atoms with E-state index in [4.69, 9.17) is 16.3 Å². The molecule has 0 atom stereocenters. The van der Waals surface area contributed by atoms with Crippen LogP contribution in [0.2, 0.25) is 5.02 Å². The average Bonchev–Trinajstić information content (AvgIpc) is 2.75. The van der Waals surface area contributed by atoms with Gasteiger partial charge in [-0.15, -0.1) is 0 Å². The molecule has 0 saturated carbocycles. The Morgan fingerprint density at radius 1 is 1.23 bits per heavy atom. The lowest BCUT2D eigenvalue weighted by Gasteiger charge is -2.42. The third-order valence-corrected chi connectivity index (χ3v) is 6.15. The molecule has 0 radical (unpaired) electrons. The Bertz CT molecular complexity index is 989. The van der Waals surface area contributed by atoms with Gasteiger partial charge in [0.2, 0.25) is 5.91 Å². The number of nitrogens with zero attached hydrogens (tertiary/aromatic N) is 2. The van der Waals surface area contributed by atoms with Crippen molar-refractivity contribution >= 4 is 34.9 Å². The van der Waals surface area contributed by atoms with E-state index in [1.165, 1.54) is 6.07 Å². The maximum Gasteiger partial charge on any atom is 0.335 e. The number of carbonyl (C=O) groups excluding carboxylic acids is 1. The van der Waals surface area contributed by atoms with E-state index in [1.54, 1.807) is 12.1 Å². The molecule has 8 heteroatoms. The van der Waals surface area contributed by atoms with E-state index < -0.39 is 5.97 Å². The zero-order valence-electron chi connectivity index (χ0n) is 17.4. The molecule has 0 bridgehead atoms. The molecule has 0 aromatic heterocycles. The Morgan fingerprint density at radius 2 is 2.00 bits per heavy atom. The van der Waals surface area contributed by atoms with Gasteiger partial charge in [-0.05, 0) is 55.7 Å². The van der Waals surface area contributed by atoms with Crippen LogP contribution in [0.15, 0.2) is 36.4 Å². The van der Waals surface area contributed by atoms with Gasteiger partial charge in [0.05, 0.1) is 35.1 Å². The van der Waals surface area contributed by atoms with Crippen molar-refractivity contribution in [1.29, 1.82) is 0 Å². The summed E-state index contributed by atoms with van der Waals surface area (Å²) in [5.41, 5.74) is 2.80. The third kappa shape index (κ3) is 4.78. The fraction of sp³-hybridized carbons (Fsp3) is 0.391. The fourth-order valence-electron chi connectivity index (χ4n) is 4.33. The van der Waals surface area contributed by atoms with Crippen LogP contribution < -0.4 is 15.0 Å². The molecule has 7 nitrogen and oxygen atoms in total. The van der Waals surface area contributed by atoms with Crippen LogP contribution >= 0.6 is 11.6 Å². The van der Waals surface area contributed by atoms with Gasteiger partial charge < -0.3 is 20.1 Å². The van der Waals surface area contributed by atoms with Crippen molar-refractivity contribution in [2.45, 2.75) is 32.4 Å². The first-order chi connectivity index (χ1) is 14.9. The zero-order valence-corrected chi connectivity index (χ0v) is 18.2. The SMILES string of the molecule is CCOc1cc(CN2CCC(N3CC(=O)Nc4cc(C(=O)O)ccc43)CC2)ccc1Cl. The monoisotopic (exact) mass is 443 g/mol. The second kappa shape index (κ2) is 9.16. The number of halogens is 1. The van der Waals surface area contributed by atoms with Crippen LogP contribution in [0.3, 0.4) is 0 Å². The number of ether oxygens (including phenoxy) is 1. The number of carboxylic acids is 1.